The molecule has 3 rings (SSSR count). The molecule has 4 nitrogen and oxygen atoms in total. The number of amides is 1. The van der Waals surface area contributed by atoms with E-state index < -0.39 is 0 Å². The van der Waals surface area contributed by atoms with Gasteiger partial charge < -0.3 is 14.8 Å². The van der Waals surface area contributed by atoms with Crippen LogP contribution in [0.4, 0.5) is 0 Å². The summed E-state index contributed by atoms with van der Waals surface area (Å²) in [6.07, 6.45) is 0. The lowest BCUT2D eigenvalue weighted by Crippen LogP contribution is -2.31. The highest BCUT2D eigenvalue weighted by Crippen LogP contribution is 2.27. The molecule has 0 aliphatic rings. The zero-order valence-electron chi connectivity index (χ0n) is 16.0. The van der Waals surface area contributed by atoms with E-state index in [-0.39, 0.29) is 5.91 Å². The fraction of sp³-hybridized carbons (Fsp3) is 0.318. The maximum Gasteiger partial charge on any atom is 0.251 e. The van der Waals surface area contributed by atoms with Gasteiger partial charge in [0.1, 0.15) is 0 Å². The largest absolute Gasteiger partial charge is 0.351 e. The summed E-state index contributed by atoms with van der Waals surface area (Å²) in [5.41, 5.74) is 5.65. The van der Waals surface area contributed by atoms with Gasteiger partial charge in [0.2, 0.25) is 0 Å². The van der Waals surface area contributed by atoms with Crippen LogP contribution in [-0.4, -0.2) is 42.6 Å². The Morgan fingerprint density at radius 1 is 1.08 bits per heavy atom. The molecule has 0 saturated heterocycles. The van der Waals surface area contributed by atoms with Crippen LogP contribution in [0.5, 0.6) is 0 Å². The van der Waals surface area contributed by atoms with Crippen LogP contribution in [0.2, 0.25) is 0 Å². The minimum Gasteiger partial charge on any atom is -0.351 e. The van der Waals surface area contributed by atoms with Gasteiger partial charge in [-0.15, -0.1) is 0 Å². The standard InChI is InChI=1S/C22H27N3O/c1-16-17(2)25(15-18-8-6-5-7-9-18)21-11-10-19(14-20(16)21)22(26)23-12-13-24(3)4/h5-11,14H,12-13,15H2,1-4H3,(H,23,26). The number of nitrogens with zero attached hydrogens (tertiary/aromatic N) is 2. The smallest absolute Gasteiger partial charge is 0.251 e. The number of likely N-dealkylation sites (N-methyl/N-ethyl adjacent to an activating group) is 1. The second kappa shape index (κ2) is 7.75. The Labute approximate surface area is 155 Å². The quantitative estimate of drug-likeness (QED) is 0.738. The predicted octanol–water partition coefficient (Wildman–Crippen LogP) is 3.60. The molecule has 1 amide bonds. The number of nitrogens with one attached hydrogen (secondary N) is 1. The third-order valence-electron chi connectivity index (χ3n) is 4.93. The van der Waals surface area contributed by atoms with Gasteiger partial charge in [0.05, 0.1) is 0 Å². The topological polar surface area (TPSA) is 37.3 Å². The molecule has 136 valence electrons. The summed E-state index contributed by atoms with van der Waals surface area (Å²) >= 11 is 0. The highest BCUT2D eigenvalue weighted by molar-refractivity contribution is 5.99. The zero-order valence-corrected chi connectivity index (χ0v) is 16.0. The van der Waals surface area contributed by atoms with E-state index in [0.717, 1.165) is 24.0 Å². The molecule has 0 spiro atoms. The molecule has 0 aliphatic carbocycles. The molecule has 1 aromatic heterocycles. The van der Waals surface area contributed by atoms with Crippen LogP contribution in [0.1, 0.15) is 27.2 Å². The first-order valence-electron chi connectivity index (χ1n) is 9.03. The summed E-state index contributed by atoms with van der Waals surface area (Å²) < 4.78 is 2.33. The molecule has 0 aliphatic heterocycles. The second-order valence-electron chi connectivity index (χ2n) is 7.07. The molecule has 3 aromatic rings. The average molecular weight is 349 g/mol. The molecule has 0 bridgehead atoms. The Kier molecular flexibility index (Phi) is 5.43. The van der Waals surface area contributed by atoms with Gasteiger partial charge in [-0.05, 0) is 57.3 Å². The maximum atomic E-state index is 12.4. The van der Waals surface area contributed by atoms with Crippen LogP contribution in [0.25, 0.3) is 10.9 Å². The average Bonchev–Trinajstić information content (AvgIpc) is 2.87. The Balaban J connectivity index is 1.88. The number of aromatic nitrogens is 1. The maximum absolute atomic E-state index is 12.4. The van der Waals surface area contributed by atoms with E-state index in [1.165, 1.54) is 22.3 Å². The van der Waals surface area contributed by atoms with Crippen molar-refractivity contribution < 1.29 is 4.79 Å². The minimum absolute atomic E-state index is 0.0124. The highest BCUT2D eigenvalue weighted by atomic mass is 16.1. The number of fused-ring (bicyclic) bond motifs is 1. The monoisotopic (exact) mass is 349 g/mol. The number of hydrogen-bond donors (Lipinski definition) is 1. The molecule has 0 unspecified atom stereocenters. The lowest BCUT2D eigenvalue weighted by atomic mass is 10.1. The van der Waals surface area contributed by atoms with E-state index in [1.54, 1.807) is 0 Å². The molecule has 0 radical (unpaired) electrons. The van der Waals surface area contributed by atoms with E-state index in [9.17, 15) is 4.79 Å². The molecular weight excluding hydrogens is 322 g/mol. The summed E-state index contributed by atoms with van der Waals surface area (Å²) in [5.74, 6) is -0.0124. The third-order valence-corrected chi connectivity index (χ3v) is 4.93. The van der Waals surface area contributed by atoms with Crippen molar-refractivity contribution in [1.29, 1.82) is 0 Å². The van der Waals surface area contributed by atoms with E-state index in [2.05, 4.69) is 59.0 Å². The predicted molar refractivity (Wildman–Crippen MR) is 108 cm³/mol. The number of carbonyl (C=O) groups excluding carboxylic acids is 1. The molecule has 0 saturated carbocycles. The van der Waals surface area contributed by atoms with Gasteiger partial charge in [-0.1, -0.05) is 30.3 Å². The first-order valence-corrected chi connectivity index (χ1v) is 9.03. The Morgan fingerprint density at radius 2 is 1.81 bits per heavy atom. The number of aryl methyl sites for hydroxylation is 1. The van der Waals surface area contributed by atoms with Crippen molar-refractivity contribution in [1.82, 2.24) is 14.8 Å². The number of rotatable bonds is 6. The summed E-state index contributed by atoms with van der Waals surface area (Å²) in [7, 11) is 4.00. The Morgan fingerprint density at radius 3 is 2.50 bits per heavy atom. The number of benzene rings is 2. The summed E-state index contributed by atoms with van der Waals surface area (Å²) in [6.45, 7) is 6.60. The lowest BCUT2D eigenvalue weighted by Gasteiger charge is -2.11. The van der Waals surface area contributed by atoms with Crippen LogP contribution in [0.3, 0.4) is 0 Å². The lowest BCUT2D eigenvalue weighted by molar-refractivity contribution is 0.0951. The fourth-order valence-corrected chi connectivity index (χ4v) is 3.26. The van der Waals surface area contributed by atoms with Gasteiger partial charge in [0.15, 0.2) is 0 Å². The molecule has 2 aromatic carbocycles. The van der Waals surface area contributed by atoms with Gasteiger partial charge in [0, 0.05) is 41.8 Å². The Hall–Kier alpha value is -2.59. The van der Waals surface area contributed by atoms with Gasteiger partial charge in [-0.3, -0.25) is 4.79 Å². The van der Waals surface area contributed by atoms with Crippen LogP contribution in [0.15, 0.2) is 48.5 Å². The number of hydrogen-bond acceptors (Lipinski definition) is 2. The van der Waals surface area contributed by atoms with E-state index >= 15 is 0 Å². The highest BCUT2D eigenvalue weighted by Gasteiger charge is 2.14. The Bertz CT molecular complexity index is 910. The van der Waals surface area contributed by atoms with Crippen LogP contribution >= 0.6 is 0 Å². The van der Waals surface area contributed by atoms with E-state index in [4.69, 9.17) is 0 Å². The fourth-order valence-electron chi connectivity index (χ4n) is 3.26. The van der Waals surface area contributed by atoms with Crippen molar-refractivity contribution in [2.45, 2.75) is 20.4 Å². The zero-order chi connectivity index (χ0) is 18.7. The van der Waals surface area contributed by atoms with Crippen molar-refractivity contribution in [2.75, 3.05) is 27.2 Å². The normalized spacial score (nSPS) is 11.3. The molecular formula is C22H27N3O. The minimum atomic E-state index is -0.0124. The van der Waals surface area contributed by atoms with Crippen molar-refractivity contribution in [2.24, 2.45) is 0 Å². The molecule has 0 fully saturated rings. The van der Waals surface area contributed by atoms with Gasteiger partial charge in [-0.2, -0.15) is 0 Å². The molecule has 26 heavy (non-hydrogen) atoms. The van der Waals surface area contributed by atoms with Crippen molar-refractivity contribution in [3.8, 4) is 0 Å². The third kappa shape index (κ3) is 3.81. The van der Waals surface area contributed by atoms with Crippen molar-refractivity contribution in [3.05, 3.63) is 70.9 Å². The SMILES string of the molecule is Cc1c(C)n(Cc2ccccc2)c2ccc(C(=O)NCCN(C)C)cc12. The number of carbonyl (C=O) groups is 1. The molecule has 0 atom stereocenters. The van der Waals surface area contributed by atoms with Gasteiger partial charge in [0.25, 0.3) is 5.91 Å². The molecule has 1 N–H and O–H groups in total. The van der Waals surface area contributed by atoms with E-state index in [0.29, 0.717) is 6.54 Å². The molecule has 1 heterocycles. The molecule has 4 heteroatoms. The van der Waals surface area contributed by atoms with E-state index in [1.807, 2.05) is 32.3 Å². The van der Waals surface area contributed by atoms with Gasteiger partial charge in [-0.25, -0.2) is 0 Å². The van der Waals surface area contributed by atoms with Crippen molar-refractivity contribution in [3.63, 3.8) is 0 Å². The summed E-state index contributed by atoms with van der Waals surface area (Å²) in [5, 5.41) is 4.14. The van der Waals surface area contributed by atoms with Crippen LogP contribution < -0.4 is 5.32 Å². The first-order chi connectivity index (χ1) is 12.5. The van der Waals surface area contributed by atoms with Crippen LogP contribution in [-0.2, 0) is 6.54 Å². The van der Waals surface area contributed by atoms with Crippen LogP contribution in [0, 0.1) is 13.8 Å². The van der Waals surface area contributed by atoms with Gasteiger partial charge >= 0.3 is 0 Å². The summed E-state index contributed by atoms with van der Waals surface area (Å²) in [6, 6.07) is 16.5. The first kappa shape index (κ1) is 18.2. The second-order valence-corrected chi connectivity index (χ2v) is 7.07. The van der Waals surface area contributed by atoms with Crippen molar-refractivity contribution >= 4 is 16.8 Å². The summed E-state index contributed by atoms with van der Waals surface area (Å²) in [4.78, 5) is 14.5.